The molecule has 0 spiro atoms. The fourth-order valence-electron chi connectivity index (χ4n) is 3.50. The molecule has 2 aliphatic rings. The van der Waals surface area contributed by atoms with Crippen LogP contribution in [0.2, 0.25) is 0 Å². The molecular weight excluding hydrogens is 268 g/mol. The van der Waals surface area contributed by atoms with E-state index in [1.54, 1.807) is 24.3 Å². The second-order valence-corrected chi connectivity index (χ2v) is 5.80. The summed E-state index contributed by atoms with van der Waals surface area (Å²) in [5.41, 5.74) is 1.18. The van der Waals surface area contributed by atoms with E-state index >= 15 is 0 Å². The van der Waals surface area contributed by atoms with Crippen molar-refractivity contribution >= 4 is 17.6 Å². The smallest absolute Gasteiger partial charge is 0.337 e. The van der Waals surface area contributed by atoms with Gasteiger partial charge in [0.05, 0.1) is 18.7 Å². The Bertz CT molecular complexity index is 541. The number of ether oxygens (including phenoxy) is 1. The second-order valence-electron chi connectivity index (χ2n) is 5.80. The molecule has 1 amide bonds. The largest absolute Gasteiger partial charge is 0.465 e. The van der Waals surface area contributed by atoms with Gasteiger partial charge >= 0.3 is 5.97 Å². The number of hydrogen-bond donors (Lipinski definition) is 2. The summed E-state index contributed by atoms with van der Waals surface area (Å²) in [4.78, 5) is 23.7. The first-order chi connectivity index (χ1) is 10.2. The van der Waals surface area contributed by atoms with Crippen LogP contribution in [-0.2, 0) is 9.53 Å². The molecule has 0 bridgehead atoms. The van der Waals surface area contributed by atoms with Crippen LogP contribution in [-0.4, -0.2) is 31.6 Å². The quantitative estimate of drug-likeness (QED) is 0.832. The van der Waals surface area contributed by atoms with Crippen molar-refractivity contribution in [2.75, 3.05) is 19.0 Å². The van der Waals surface area contributed by atoms with Crippen LogP contribution in [0.5, 0.6) is 0 Å². The Morgan fingerprint density at radius 3 is 2.71 bits per heavy atom. The SMILES string of the molecule is COC(=O)c1ccc(NC(=O)C2NCC3CCCC32)cc1. The highest BCUT2D eigenvalue weighted by Crippen LogP contribution is 2.37. The molecule has 1 aliphatic heterocycles. The number of carbonyl (C=O) groups is 2. The van der Waals surface area contributed by atoms with Crippen molar-refractivity contribution in [3.63, 3.8) is 0 Å². The first-order valence-electron chi connectivity index (χ1n) is 7.41. The molecule has 21 heavy (non-hydrogen) atoms. The lowest BCUT2D eigenvalue weighted by Crippen LogP contribution is -2.39. The molecule has 1 heterocycles. The Labute approximate surface area is 124 Å². The van der Waals surface area contributed by atoms with Gasteiger partial charge in [-0.05, 0) is 55.5 Å². The van der Waals surface area contributed by atoms with Gasteiger partial charge in [0.1, 0.15) is 0 Å². The Morgan fingerprint density at radius 2 is 2.00 bits per heavy atom. The third kappa shape index (κ3) is 2.78. The average Bonchev–Trinajstić information content (AvgIpc) is 3.09. The highest BCUT2D eigenvalue weighted by Gasteiger charge is 2.42. The number of esters is 1. The molecule has 2 N–H and O–H groups in total. The summed E-state index contributed by atoms with van der Waals surface area (Å²) in [7, 11) is 1.35. The van der Waals surface area contributed by atoms with Crippen molar-refractivity contribution in [3.8, 4) is 0 Å². The number of hydrogen-bond acceptors (Lipinski definition) is 4. The second kappa shape index (κ2) is 5.85. The molecule has 1 saturated carbocycles. The van der Waals surface area contributed by atoms with E-state index in [9.17, 15) is 9.59 Å². The van der Waals surface area contributed by atoms with E-state index in [2.05, 4.69) is 15.4 Å². The van der Waals surface area contributed by atoms with Crippen molar-refractivity contribution in [1.82, 2.24) is 5.32 Å². The van der Waals surface area contributed by atoms with Crippen molar-refractivity contribution in [1.29, 1.82) is 0 Å². The van der Waals surface area contributed by atoms with Crippen molar-refractivity contribution < 1.29 is 14.3 Å². The highest BCUT2D eigenvalue weighted by atomic mass is 16.5. The summed E-state index contributed by atoms with van der Waals surface area (Å²) in [5, 5.41) is 6.26. The molecule has 0 aromatic heterocycles. The lowest BCUT2D eigenvalue weighted by atomic mass is 9.93. The van der Waals surface area contributed by atoms with Gasteiger partial charge in [-0.3, -0.25) is 4.79 Å². The number of benzene rings is 1. The van der Waals surface area contributed by atoms with Gasteiger partial charge in [0.25, 0.3) is 0 Å². The molecule has 3 unspecified atom stereocenters. The summed E-state index contributed by atoms with van der Waals surface area (Å²) in [5.74, 6) is 0.774. The maximum atomic E-state index is 12.4. The summed E-state index contributed by atoms with van der Waals surface area (Å²) in [6.45, 7) is 0.948. The number of carbonyl (C=O) groups excluding carboxylic acids is 2. The molecule has 3 rings (SSSR count). The monoisotopic (exact) mass is 288 g/mol. The van der Waals surface area contributed by atoms with Gasteiger partial charge in [-0.2, -0.15) is 0 Å². The summed E-state index contributed by atoms with van der Waals surface area (Å²) < 4.78 is 4.65. The topological polar surface area (TPSA) is 67.4 Å². The number of anilines is 1. The van der Waals surface area contributed by atoms with Crippen molar-refractivity contribution in [2.45, 2.75) is 25.3 Å². The van der Waals surface area contributed by atoms with E-state index in [1.165, 1.54) is 20.0 Å². The Balaban J connectivity index is 1.63. The number of fused-ring (bicyclic) bond motifs is 1. The van der Waals surface area contributed by atoms with Gasteiger partial charge in [0.2, 0.25) is 5.91 Å². The molecule has 5 nitrogen and oxygen atoms in total. The number of amides is 1. The molecule has 2 fully saturated rings. The number of methoxy groups -OCH3 is 1. The maximum Gasteiger partial charge on any atom is 0.337 e. The fourth-order valence-corrected chi connectivity index (χ4v) is 3.50. The van der Waals surface area contributed by atoms with Gasteiger partial charge in [-0.1, -0.05) is 6.42 Å². The van der Waals surface area contributed by atoms with E-state index in [0.29, 0.717) is 23.1 Å². The van der Waals surface area contributed by atoms with E-state index in [0.717, 1.165) is 13.0 Å². The minimum absolute atomic E-state index is 0.0234. The van der Waals surface area contributed by atoms with Crippen LogP contribution < -0.4 is 10.6 Å². The lowest BCUT2D eigenvalue weighted by molar-refractivity contribution is -0.118. The third-order valence-corrected chi connectivity index (χ3v) is 4.60. The van der Waals surface area contributed by atoms with Crippen LogP contribution in [0.15, 0.2) is 24.3 Å². The van der Waals surface area contributed by atoms with Gasteiger partial charge in [-0.25, -0.2) is 4.79 Å². The first kappa shape index (κ1) is 14.1. The van der Waals surface area contributed by atoms with Crippen LogP contribution in [0.3, 0.4) is 0 Å². The number of rotatable bonds is 3. The molecule has 3 atom stereocenters. The zero-order valence-electron chi connectivity index (χ0n) is 12.1. The molecule has 1 aromatic carbocycles. The minimum atomic E-state index is -0.376. The normalized spacial score (nSPS) is 27.2. The van der Waals surface area contributed by atoms with Crippen LogP contribution in [0, 0.1) is 11.8 Å². The fraction of sp³-hybridized carbons (Fsp3) is 0.500. The van der Waals surface area contributed by atoms with Crippen molar-refractivity contribution in [2.24, 2.45) is 11.8 Å². The number of nitrogens with one attached hydrogen (secondary N) is 2. The first-order valence-corrected chi connectivity index (χ1v) is 7.41. The highest BCUT2D eigenvalue weighted by molar-refractivity contribution is 5.96. The zero-order valence-corrected chi connectivity index (χ0v) is 12.1. The standard InChI is InChI=1S/C16H20N2O3/c1-21-16(20)10-5-7-12(8-6-10)18-15(19)14-13-4-2-3-11(13)9-17-14/h5-8,11,13-14,17H,2-4,9H2,1H3,(H,18,19). The zero-order chi connectivity index (χ0) is 14.8. The Morgan fingerprint density at radius 1 is 1.24 bits per heavy atom. The van der Waals surface area contributed by atoms with Crippen LogP contribution in [0.4, 0.5) is 5.69 Å². The van der Waals surface area contributed by atoms with Gasteiger partial charge in [-0.15, -0.1) is 0 Å². The molecular formula is C16H20N2O3. The molecule has 5 heteroatoms. The van der Waals surface area contributed by atoms with Crippen LogP contribution >= 0.6 is 0 Å². The maximum absolute atomic E-state index is 12.4. The summed E-state index contributed by atoms with van der Waals surface area (Å²) in [6, 6.07) is 6.68. The van der Waals surface area contributed by atoms with Gasteiger partial charge < -0.3 is 15.4 Å². The van der Waals surface area contributed by atoms with Gasteiger partial charge in [0.15, 0.2) is 0 Å². The predicted molar refractivity (Wildman–Crippen MR) is 79.0 cm³/mol. The predicted octanol–water partition coefficient (Wildman–Crippen LogP) is 1.80. The van der Waals surface area contributed by atoms with E-state index in [4.69, 9.17) is 0 Å². The lowest BCUT2D eigenvalue weighted by Gasteiger charge is -2.17. The summed E-state index contributed by atoms with van der Waals surface area (Å²) >= 11 is 0. The van der Waals surface area contributed by atoms with E-state index in [1.807, 2.05) is 0 Å². The van der Waals surface area contributed by atoms with Crippen molar-refractivity contribution in [3.05, 3.63) is 29.8 Å². The van der Waals surface area contributed by atoms with Crippen LogP contribution in [0.25, 0.3) is 0 Å². The van der Waals surface area contributed by atoms with E-state index < -0.39 is 0 Å². The molecule has 112 valence electrons. The molecule has 0 radical (unpaired) electrons. The van der Waals surface area contributed by atoms with Crippen LogP contribution in [0.1, 0.15) is 29.6 Å². The van der Waals surface area contributed by atoms with Gasteiger partial charge in [0, 0.05) is 5.69 Å². The molecule has 1 saturated heterocycles. The minimum Gasteiger partial charge on any atom is -0.465 e. The molecule has 1 aromatic rings. The summed E-state index contributed by atoms with van der Waals surface area (Å²) in [6.07, 6.45) is 3.60. The third-order valence-electron chi connectivity index (χ3n) is 4.60. The molecule has 1 aliphatic carbocycles. The Kier molecular flexibility index (Phi) is 3.92. The van der Waals surface area contributed by atoms with E-state index in [-0.39, 0.29) is 17.9 Å². The average molecular weight is 288 g/mol. The Hall–Kier alpha value is -1.88.